The van der Waals surface area contributed by atoms with Gasteiger partial charge in [-0.05, 0) is 74.9 Å². The molecule has 2 saturated carbocycles. The van der Waals surface area contributed by atoms with Crippen LogP contribution in [0.25, 0.3) is 11.3 Å². The van der Waals surface area contributed by atoms with Crippen molar-refractivity contribution in [3.8, 4) is 22.9 Å². The largest absolute Gasteiger partial charge is 0.433 e. The van der Waals surface area contributed by atoms with Gasteiger partial charge in [0.1, 0.15) is 0 Å². The summed E-state index contributed by atoms with van der Waals surface area (Å²) in [6, 6.07) is 4.73. The number of aromatic nitrogens is 4. The summed E-state index contributed by atoms with van der Waals surface area (Å²) < 4.78 is 8.04. The maximum atomic E-state index is 12.2. The fraction of sp³-hybridized carbons (Fsp3) is 0.500. The molecule has 4 aliphatic rings. The van der Waals surface area contributed by atoms with E-state index in [1.165, 1.54) is 16.7 Å². The molecule has 9 heteroatoms. The molecular weight excluding hydrogens is 466 g/mol. The molecule has 9 nitrogen and oxygen atoms in total. The maximum absolute atomic E-state index is 12.2. The summed E-state index contributed by atoms with van der Waals surface area (Å²) in [5.41, 5.74) is 12.3. The van der Waals surface area contributed by atoms with Gasteiger partial charge in [-0.15, -0.1) is 0 Å². The Hall–Kier alpha value is -3.46. The van der Waals surface area contributed by atoms with Crippen LogP contribution in [0.3, 0.4) is 0 Å². The number of hydrogen-bond acceptors (Lipinski definition) is 7. The molecule has 3 aromatic rings. The number of likely N-dealkylation sites (N-methyl/N-ethyl adjacent to an activating group) is 1. The summed E-state index contributed by atoms with van der Waals surface area (Å²) in [7, 11) is 2.15. The second kappa shape index (κ2) is 8.28. The second-order valence-corrected chi connectivity index (χ2v) is 11.7. The van der Waals surface area contributed by atoms with Crippen molar-refractivity contribution in [2.24, 2.45) is 11.3 Å². The highest BCUT2D eigenvalue weighted by Gasteiger charge is 2.55. The molecule has 0 atom stereocenters. The summed E-state index contributed by atoms with van der Waals surface area (Å²) in [5.74, 6) is 1.82. The van der Waals surface area contributed by atoms with E-state index in [0.29, 0.717) is 29.5 Å². The first-order chi connectivity index (χ1) is 17.9. The highest BCUT2D eigenvalue weighted by Crippen LogP contribution is 2.55. The van der Waals surface area contributed by atoms with Gasteiger partial charge >= 0.3 is 0 Å². The molecule has 2 aliphatic heterocycles. The van der Waals surface area contributed by atoms with Crippen LogP contribution in [-0.4, -0.2) is 62.1 Å². The normalized spacial score (nSPS) is 20.9. The van der Waals surface area contributed by atoms with E-state index in [2.05, 4.69) is 41.1 Å². The van der Waals surface area contributed by atoms with Crippen molar-refractivity contribution in [2.45, 2.75) is 51.6 Å². The van der Waals surface area contributed by atoms with E-state index in [4.69, 9.17) is 15.5 Å². The number of anilines is 1. The van der Waals surface area contributed by atoms with Crippen molar-refractivity contribution >= 4 is 11.7 Å². The average molecular weight is 500 g/mol. The predicted molar refractivity (Wildman–Crippen MR) is 139 cm³/mol. The molecule has 1 spiro atoms. The van der Waals surface area contributed by atoms with Gasteiger partial charge in [0, 0.05) is 43.1 Å². The van der Waals surface area contributed by atoms with E-state index in [-0.39, 0.29) is 11.2 Å². The first kappa shape index (κ1) is 22.7. The Morgan fingerprint density at radius 1 is 1.19 bits per heavy atom. The summed E-state index contributed by atoms with van der Waals surface area (Å²) in [4.78, 5) is 25.7. The number of aryl methyl sites for hydroxylation is 1. The lowest BCUT2D eigenvalue weighted by molar-refractivity contribution is -0.155. The standard InChI is InChI=1S/C28H33N7O2/c1-17-7-19(8-20-13-33(2)6-5-23(17)20)24-12-30-25(29)26(32-24)37-22-11-31-35(14-22)21-9-28(10-21)15-34(16-28)27(36)18-3-4-18/h7-8,11-12,14,18,21H,3-6,9-10,13,15-16H2,1-2H3,(H2,29,30). The lowest BCUT2D eigenvalue weighted by Crippen LogP contribution is -2.64. The van der Waals surface area contributed by atoms with E-state index in [1.807, 2.05) is 15.8 Å². The van der Waals surface area contributed by atoms with Crippen LogP contribution >= 0.6 is 0 Å². The van der Waals surface area contributed by atoms with E-state index in [9.17, 15) is 4.79 Å². The number of rotatable bonds is 5. The lowest BCUT2D eigenvalue weighted by Gasteiger charge is -2.59. The van der Waals surface area contributed by atoms with Crippen LogP contribution in [0.2, 0.25) is 0 Å². The SMILES string of the molecule is Cc1cc(-c2cnc(N)c(Oc3cnn(C4CC5(C4)CN(C(=O)C4CC4)C5)c3)n2)cc2c1CCN(C)C2. The van der Waals surface area contributed by atoms with Gasteiger partial charge in [0.2, 0.25) is 5.91 Å². The number of likely N-dealkylation sites (tertiary alicyclic amines) is 1. The van der Waals surface area contributed by atoms with Gasteiger partial charge in [-0.3, -0.25) is 9.48 Å². The molecule has 0 unspecified atom stereocenters. The van der Waals surface area contributed by atoms with E-state index in [0.717, 1.165) is 69.5 Å². The van der Waals surface area contributed by atoms with Crippen LogP contribution in [0, 0.1) is 18.3 Å². The molecule has 0 bridgehead atoms. The van der Waals surface area contributed by atoms with Crippen LogP contribution in [-0.2, 0) is 17.8 Å². The quantitative estimate of drug-likeness (QED) is 0.572. The molecule has 37 heavy (non-hydrogen) atoms. The summed E-state index contributed by atoms with van der Waals surface area (Å²) in [5, 5.41) is 4.55. The fourth-order valence-electron chi connectivity index (χ4n) is 6.38. The van der Waals surface area contributed by atoms with Gasteiger partial charge in [0.05, 0.1) is 30.3 Å². The molecular formula is C28H33N7O2. The highest BCUT2D eigenvalue weighted by molar-refractivity contribution is 5.82. The number of nitrogen functional groups attached to an aromatic ring is 1. The first-order valence-electron chi connectivity index (χ1n) is 13.3. The topological polar surface area (TPSA) is 102 Å². The third-order valence-corrected chi connectivity index (χ3v) is 8.61. The Balaban J connectivity index is 1.03. The minimum Gasteiger partial charge on any atom is -0.433 e. The Morgan fingerprint density at radius 2 is 2.00 bits per heavy atom. The fourth-order valence-corrected chi connectivity index (χ4v) is 6.38. The third-order valence-electron chi connectivity index (χ3n) is 8.61. The number of nitrogens with two attached hydrogens (primary N) is 1. The Labute approximate surface area is 216 Å². The van der Waals surface area contributed by atoms with Gasteiger partial charge < -0.3 is 20.3 Å². The third kappa shape index (κ3) is 4.05. The molecule has 3 fully saturated rings. The van der Waals surface area contributed by atoms with Crippen molar-refractivity contribution in [3.63, 3.8) is 0 Å². The van der Waals surface area contributed by atoms with Gasteiger partial charge in [0.25, 0.3) is 5.88 Å². The summed E-state index contributed by atoms with van der Waals surface area (Å²) in [6.45, 7) is 6.00. The van der Waals surface area contributed by atoms with Gasteiger partial charge in [0.15, 0.2) is 11.6 Å². The van der Waals surface area contributed by atoms with Crippen LogP contribution in [0.4, 0.5) is 5.82 Å². The zero-order chi connectivity index (χ0) is 25.3. The lowest BCUT2D eigenvalue weighted by atomic mass is 9.60. The molecule has 192 valence electrons. The molecule has 2 aromatic heterocycles. The zero-order valence-corrected chi connectivity index (χ0v) is 21.5. The van der Waals surface area contributed by atoms with Crippen molar-refractivity contribution in [2.75, 3.05) is 32.4 Å². The van der Waals surface area contributed by atoms with Crippen molar-refractivity contribution in [1.82, 2.24) is 29.5 Å². The average Bonchev–Trinajstić information content (AvgIpc) is 3.58. The van der Waals surface area contributed by atoms with Crippen LogP contribution < -0.4 is 10.5 Å². The summed E-state index contributed by atoms with van der Waals surface area (Å²) in [6.07, 6.45) is 10.6. The molecule has 0 radical (unpaired) electrons. The van der Waals surface area contributed by atoms with Crippen molar-refractivity contribution in [1.29, 1.82) is 0 Å². The number of carbonyl (C=O) groups is 1. The summed E-state index contributed by atoms with van der Waals surface area (Å²) >= 11 is 0. The number of amides is 1. The number of ether oxygens (including phenoxy) is 1. The predicted octanol–water partition coefficient (Wildman–Crippen LogP) is 3.58. The molecule has 7 rings (SSSR count). The number of benzene rings is 1. The molecule has 4 heterocycles. The van der Waals surface area contributed by atoms with Gasteiger partial charge in [-0.2, -0.15) is 5.10 Å². The van der Waals surface area contributed by atoms with Gasteiger partial charge in [-0.25, -0.2) is 9.97 Å². The Bertz CT molecular complexity index is 1380. The molecule has 1 aromatic carbocycles. The molecule has 2 N–H and O–H groups in total. The maximum Gasteiger partial charge on any atom is 0.263 e. The molecule has 1 saturated heterocycles. The Kier molecular flexibility index (Phi) is 5.08. The van der Waals surface area contributed by atoms with Gasteiger partial charge in [-0.1, -0.05) is 0 Å². The zero-order valence-electron chi connectivity index (χ0n) is 21.5. The second-order valence-electron chi connectivity index (χ2n) is 11.7. The van der Waals surface area contributed by atoms with E-state index < -0.39 is 0 Å². The first-order valence-corrected chi connectivity index (χ1v) is 13.3. The Morgan fingerprint density at radius 3 is 2.78 bits per heavy atom. The van der Waals surface area contributed by atoms with Crippen LogP contribution in [0.5, 0.6) is 11.6 Å². The number of nitrogens with zero attached hydrogens (tertiary/aromatic N) is 6. The monoisotopic (exact) mass is 499 g/mol. The number of fused-ring (bicyclic) bond motifs is 1. The molecule has 1 amide bonds. The van der Waals surface area contributed by atoms with Crippen molar-refractivity contribution in [3.05, 3.63) is 47.4 Å². The van der Waals surface area contributed by atoms with E-state index >= 15 is 0 Å². The number of carbonyl (C=O) groups excluding carboxylic acids is 1. The van der Waals surface area contributed by atoms with Crippen LogP contribution in [0.1, 0.15) is 48.4 Å². The van der Waals surface area contributed by atoms with Crippen LogP contribution in [0.15, 0.2) is 30.7 Å². The highest BCUT2D eigenvalue weighted by atomic mass is 16.5. The minimum absolute atomic E-state index is 0.253. The molecule has 2 aliphatic carbocycles. The number of hydrogen-bond donors (Lipinski definition) is 1. The smallest absolute Gasteiger partial charge is 0.263 e. The van der Waals surface area contributed by atoms with E-state index in [1.54, 1.807) is 12.4 Å². The minimum atomic E-state index is 0.253. The van der Waals surface area contributed by atoms with Crippen molar-refractivity contribution < 1.29 is 9.53 Å².